The van der Waals surface area contributed by atoms with E-state index in [-0.39, 0.29) is 16.9 Å². The molecule has 4 atom stereocenters. The van der Waals surface area contributed by atoms with Crippen molar-refractivity contribution in [2.75, 3.05) is 0 Å². The topological polar surface area (TPSA) is 57.6 Å². The minimum absolute atomic E-state index is 0.165. The summed E-state index contributed by atoms with van der Waals surface area (Å²) in [5.41, 5.74) is 0.750. The van der Waals surface area contributed by atoms with Gasteiger partial charge in [-0.2, -0.15) is 4.31 Å². The molecule has 2 aliphatic heterocycles. The Labute approximate surface area is 163 Å². The second kappa shape index (κ2) is 6.80. The standard InChI is InChI=1S/C19H19Cl2NO3S/c20-12-5-8-14(9-6-12)26(24,25)22-13-7-10-16(18(23)11-13)19(22)15-3-1-2-4-17(15)21/h1-6,8-9,13,16,18-19,23H,7,10-11H2/t13-,16+,18+,19+/m0/s1. The number of hydrogen-bond acceptors (Lipinski definition) is 3. The van der Waals surface area contributed by atoms with Crippen LogP contribution in [0, 0.1) is 5.92 Å². The van der Waals surface area contributed by atoms with Gasteiger partial charge in [0.1, 0.15) is 0 Å². The Morgan fingerprint density at radius 2 is 1.69 bits per heavy atom. The van der Waals surface area contributed by atoms with E-state index in [1.54, 1.807) is 22.5 Å². The summed E-state index contributed by atoms with van der Waals surface area (Å²) in [5, 5.41) is 11.5. The molecule has 1 aliphatic carbocycles. The fourth-order valence-electron chi connectivity index (χ4n) is 4.32. The molecule has 2 heterocycles. The summed E-state index contributed by atoms with van der Waals surface area (Å²) >= 11 is 12.3. The molecule has 7 heteroatoms. The quantitative estimate of drug-likeness (QED) is 0.819. The molecule has 2 bridgehead atoms. The summed E-state index contributed by atoms with van der Waals surface area (Å²) in [6, 6.07) is 12.8. The lowest BCUT2D eigenvalue weighted by molar-refractivity contribution is -0.0537. The van der Waals surface area contributed by atoms with Crippen molar-refractivity contribution in [2.45, 2.75) is 42.3 Å². The summed E-state index contributed by atoms with van der Waals surface area (Å²) < 4.78 is 28.5. The van der Waals surface area contributed by atoms with Crippen molar-refractivity contribution in [3.63, 3.8) is 0 Å². The van der Waals surface area contributed by atoms with Crippen molar-refractivity contribution >= 4 is 33.2 Å². The molecule has 4 nitrogen and oxygen atoms in total. The number of sulfonamides is 1. The third kappa shape index (κ3) is 2.96. The molecule has 2 aromatic rings. The van der Waals surface area contributed by atoms with Gasteiger partial charge < -0.3 is 5.11 Å². The molecule has 5 rings (SSSR count). The van der Waals surface area contributed by atoms with E-state index in [4.69, 9.17) is 23.2 Å². The SMILES string of the molecule is O=S(=O)(c1ccc(Cl)cc1)N1[C@H]2CC[C@H]([C@H](O)C2)[C@H]1c1ccccc1Cl. The number of rotatable bonds is 3. The van der Waals surface area contributed by atoms with Crippen LogP contribution in [0.1, 0.15) is 30.9 Å². The van der Waals surface area contributed by atoms with Gasteiger partial charge in [-0.3, -0.25) is 0 Å². The number of nitrogens with zero attached hydrogens (tertiary/aromatic N) is 1. The molecule has 0 aromatic heterocycles. The van der Waals surface area contributed by atoms with Gasteiger partial charge in [0.2, 0.25) is 10.0 Å². The fourth-order valence-corrected chi connectivity index (χ4v) is 6.57. The molecule has 0 amide bonds. The zero-order chi connectivity index (χ0) is 18.5. The molecule has 0 radical (unpaired) electrons. The van der Waals surface area contributed by atoms with E-state index in [0.717, 1.165) is 18.4 Å². The lowest BCUT2D eigenvalue weighted by atomic mass is 9.72. The Morgan fingerprint density at radius 1 is 1.00 bits per heavy atom. The first kappa shape index (κ1) is 18.3. The van der Waals surface area contributed by atoms with Crippen LogP contribution in [0.3, 0.4) is 0 Å². The second-order valence-corrected chi connectivity index (χ2v) is 9.64. The summed E-state index contributed by atoms with van der Waals surface area (Å²) in [4.78, 5) is 0.209. The van der Waals surface area contributed by atoms with Gasteiger partial charge in [-0.15, -0.1) is 0 Å². The second-order valence-electron chi connectivity index (χ2n) is 6.95. The number of fused-ring (bicyclic) bond motifs is 3. The Balaban J connectivity index is 1.84. The largest absolute Gasteiger partial charge is 0.393 e. The van der Waals surface area contributed by atoms with Gasteiger partial charge in [-0.05, 0) is 55.2 Å². The van der Waals surface area contributed by atoms with Gasteiger partial charge in [0.05, 0.1) is 17.0 Å². The molecular weight excluding hydrogens is 393 g/mol. The first-order valence-corrected chi connectivity index (χ1v) is 10.8. The highest BCUT2D eigenvalue weighted by molar-refractivity contribution is 7.89. The van der Waals surface area contributed by atoms with Gasteiger partial charge in [-0.1, -0.05) is 41.4 Å². The molecule has 0 spiro atoms. The summed E-state index contributed by atoms with van der Waals surface area (Å²) in [7, 11) is -3.74. The Bertz CT molecular complexity index is 917. The van der Waals surface area contributed by atoms with Crippen LogP contribution >= 0.6 is 23.2 Å². The zero-order valence-corrected chi connectivity index (χ0v) is 16.3. The molecule has 2 saturated heterocycles. The average Bonchev–Trinajstić information content (AvgIpc) is 2.62. The molecule has 1 N–H and O–H groups in total. The van der Waals surface area contributed by atoms with E-state index in [2.05, 4.69) is 0 Å². The van der Waals surface area contributed by atoms with E-state index in [1.807, 2.05) is 18.2 Å². The van der Waals surface area contributed by atoms with Crippen molar-refractivity contribution in [3.05, 3.63) is 64.1 Å². The van der Waals surface area contributed by atoms with Crippen LogP contribution in [0.5, 0.6) is 0 Å². The summed E-state index contributed by atoms with van der Waals surface area (Å²) in [6.07, 6.45) is 1.47. The summed E-state index contributed by atoms with van der Waals surface area (Å²) in [5.74, 6) is -0.165. The van der Waals surface area contributed by atoms with Crippen LogP contribution in [0.15, 0.2) is 53.4 Å². The van der Waals surface area contributed by atoms with E-state index >= 15 is 0 Å². The van der Waals surface area contributed by atoms with Gasteiger partial charge in [0, 0.05) is 22.0 Å². The van der Waals surface area contributed by atoms with E-state index < -0.39 is 22.2 Å². The monoisotopic (exact) mass is 411 g/mol. The van der Waals surface area contributed by atoms with Crippen LogP contribution in [-0.4, -0.2) is 30.0 Å². The Morgan fingerprint density at radius 3 is 2.35 bits per heavy atom. The fraction of sp³-hybridized carbons (Fsp3) is 0.368. The smallest absolute Gasteiger partial charge is 0.243 e. The minimum Gasteiger partial charge on any atom is -0.393 e. The zero-order valence-electron chi connectivity index (χ0n) is 13.9. The minimum atomic E-state index is -3.74. The number of aliphatic hydroxyl groups excluding tert-OH is 1. The first-order chi connectivity index (χ1) is 12.4. The van der Waals surface area contributed by atoms with Crippen LogP contribution in [0.25, 0.3) is 0 Å². The highest BCUT2D eigenvalue weighted by Crippen LogP contribution is 2.51. The third-order valence-electron chi connectivity index (χ3n) is 5.49. The Kier molecular flexibility index (Phi) is 4.78. The predicted molar refractivity (Wildman–Crippen MR) is 102 cm³/mol. The lowest BCUT2D eigenvalue weighted by Crippen LogP contribution is -2.57. The van der Waals surface area contributed by atoms with Gasteiger partial charge in [0.15, 0.2) is 0 Å². The van der Waals surface area contributed by atoms with Gasteiger partial charge >= 0.3 is 0 Å². The van der Waals surface area contributed by atoms with Crippen LogP contribution in [-0.2, 0) is 10.0 Å². The van der Waals surface area contributed by atoms with Crippen molar-refractivity contribution in [1.82, 2.24) is 4.31 Å². The third-order valence-corrected chi connectivity index (χ3v) is 8.04. The lowest BCUT2D eigenvalue weighted by Gasteiger charge is -2.52. The highest BCUT2D eigenvalue weighted by Gasteiger charge is 2.52. The van der Waals surface area contributed by atoms with Gasteiger partial charge in [-0.25, -0.2) is 8.42 Å². The predicted octanol–water partition coefficient (Wildman–Crippen LogP) is 4.27. The normalized spacial score (nSPS) is 29.0. The van der Waals surface area contributed by atoms with Crippen molar-refractivity contribution in [3.8, 4) is 0 Å². The maximum absolute atomic E-state index is 13.4. The Hall–Kier alpha value is -1.11. The first-order valence-electron chi connectivity index (χ1n) is 8.61. The number of hydrogen-bond donors (Lipinski definition) is 1. The molecule has 1 saturated carbocycles. The van der Waals surface area contributed by atoms with Crippen LogP contribution in [0.4, 0.5) is 0 Å². The van der Waals surface area contributed by atoms with E-state index in [9.17, 15) is 13.5 Å². The highest BCUT2D eigenvalue weighted by atomic mass is 35.5. The molecule has 0 unspecified atom stereocenters. The molecular formula is C19H19Cl2NO3S. The van der Waals surface area contributed by atoms with Crippen LogP contribution < -0.4 is 0 Å². The van der Waals surface area contributed by atoms with E-state index in [0.29, 0.717) is 16.5 Å². The van der Waals surface area contributed by atoms with Crippen molar-refractivity contribution < 1.29 is 13.5 Å². The molecule has 3 fully saturated rings. The van der Waals surface area contributed by atoms with E-state index in [1.165, 1.54) is 12.1 Å². The average molecular weight is 412 g/mol. The number of piperidine rings is 2. The van der Waals surface area contributed by atoms with Crippen molar-refractivity contribution in [2.24, 2.45) is 5.92 Å². The molecule has 3 aliphatic rings. The summed E-state index contributed by atoms with van der Waals surface area (Å²) in [6.45, 7) is 0. The van der Waals surface area contributed by atoms with Crippen LogP contribution in [0.2, 0.25) is 10.0 Å². The molecule has 138 valence electrons. The maximum atomic E-state index is 13.4. The number of aliphatic hydroxyl groups is 1. The molecule has 2 aromatic carbocycles. The number of halogens is 2. The maximum Gasteiger partial charge on any atom is 0.243 e. The number of benzene rings is 2. The molecule has 26 heavy (non-hydrogen) atoms. The van der Waals surface area contributed by atoms with Crippen molar-refractivity contribution in [1.29, 1.82) is 0 Å². The van der Waals surface area contributed by atoms with Gasteiger partial charge in [0.25, 0.3) is 0 Å².